The number of likely N-dealkylation sites (tertiary alicyclic amines) is 2. The summed E-state index contributed by atoms with van der Waals surface area (Å²) in [5, 5.41) is 17.1. The molecule has 1 aliphatic carbocycles. The Hall–Kier alpha value is -1.86. The largest absolute Gasteiger partial charge is 0.465 e. The van der Waals surface area contributed by atoms with Gasteiger partial charge < -0.3 is 14.9 Å². The molecule has 0 aromatic heterocycles. The molecule has 0 radical (unpaired) electrons. The van der Waals surface area contributed by atoms with Crippen LogP contribution < -0.4 is 5.43 Å². The average molecular weight is 321 g/mol. The number of amides is 2. The quantitative estimate of drug-likeness (QED) is 0.755. The number of carbonyl (C=O) groups is 2. The Morgan fingerprint density at radius 3 is 2.57 bits per heavy atom. The Balaban J connectivity index is 1.29. The zero-order chi connectivity index (χ0) is 16.0. The minimum atomic E-state index is -0.830. The molecule has 1 saturated carbocycles. The lowest BCUT2D eigenvalue weighted by atomic mass is 9.71. The number of piperidine rings is 1. The van der Waals surface area contributed by atoms with E-state index in [1.807, 2.05) is 4.90 Å². The van der Waals surface area contributed by atoms with Gasteiger partial charge in [0.15, 0.2) is 0 Å². The third-order valence-electron chi connectivity index (χ3n) is 6.05. The van der Waals surface area contributed by atoms with Crippen LogP contribution >= 0.6 is 0 Å². The van der Waals surface area contributed by atoms with Gasteiger partial charge in [-0.2, -0.15) is 5.11 Å². The van der Waals surface area contributed by atoms with Gasteiger partial charge in [-0.15, -0.1) is 0 Å². The number of nitrogens with zero attached hydrogens (tertiary/aromatic N) is 4. The second-order valence-electron chi connectivity index (χ2n) is 7.49. The van der Waals surface area contributed by atoms with Crippen LogP contribution in [0, 0.1) is 11.3 Å². The Morgan fingerprint density at radius 1 is 1.13 bits per heavy atom. The summed E-state index contributed by atoms with van der Waals surface area (Å²) in [6.45, 7) is 2.78. The van der Waals surface area contributed by atoms with Crippen LogP contribution in [0.2, 0.25) is 0 Å². The summed E-state index contributed by atoms with van der Waals surface area (Å²) in [5.41, 5.74) is 3.18. The summed E-state index contributed by atoms with van der Waals surface area (Å²) in [7, 11) is 0. The molecule has 8 nitrogen and oxygen atoms in total. The van der Waals surface area contributed by atoms with Gasteiger partial charge in [0, 0.05) is 37.5 Å². The van der Waals surface area contributed by atoms with Crippen LogP contribution in [0.15, 0.2) is 10.3 Å². The molecule has 3 unspecified atom stereocenters. The van der Waals surface area contributed by atoms with E-state index in [9.17, 15) is 9.59 Å². The number of carboxylic acid groups (broad SMARTS) is 1. The highest BCUT2D eigenvalue weighted by molar-refractivity contribution is 5.80. The summed E-state index contributed by atoms with van der Waals surface area (Å²) in [4.78, 5) is 27.1. The maximum Gasteiger partial charge on any atom is 0.407 e. The molecule has 4 rings (SSSR count). The van der Waals surface area contributed by atoms with E-state index in [0.717, 1.165) is 45.2 Å². The monoisotopic (exact) mass is 321 g/mol. The van der Waals surface area contributed by atoms with Crippen molar-refractivity contribution in [3.8, 4) is 0 Å². The van der Waals surface area contributed by atoms with Gasteiger partial charge in [0.1, 0.15) is 0 Å². The number of hydrogen-bond acceptors (Lipinski definition) is 5. The van der Waals surface area contributed by atoms with E-state index in [-0.39, 0.29) is 23.3 Å². The van der Waals surface area contributed by atoms with E-state index < -0.39 is 6.09 Å². The molecule has 3 fully saturated rings. The molecule has 2 saturated heterocycles. The molecule has 4 aliphatic rings. The van der Waals surface area contributed by atoms with Gasteiger partial charge in [0.25, 0.3) is 0 Å². The fraction of sp³-hybridized carbons (Fsp3) is 0.867. The predicted molar refractivity (Wildman–Crippen MR) is 80.8 cm³/mol. The minimum Gasteiger partial charge on any atom is -0.465 e. The van der Waals surface area contributed by atoms with Gasteiger partial charge in [-0.05, 0) is 32.1 Å². The van der Waals surface area contributed by atoms with Crippen molar-refractivity contribution in [3.05, 3.63) is 0 Å². The van der Waals surface area contributed by atoms with Crippen LogP contribution in [-0.4, -0.2) is 65.2 Å². The van der Waals surface area contributed by atoms with E-state index in [0.29, 0.717) is 19.1 Å². The maximum atomic E-state index is 12.7. The van der Waals surface area contributed by atoms with Crippen LogP contribution in [0.3, 0.4) is 0 Å². The highest BCUT2D eigenvalue weighted by Gasteiger charge is 2.49. The highest BCUT2D eigenvalue weighted by atomic mass is 16.4. The second-order valence-corrected chi connectivity index (χ2v) is 7.49. The smallest absolute Gasteiger partial charge is 0.407 e. The van der Waals surface area contributed by atoms with Crippen molar-refractivity contribution in [3.63, 3.8) is 0 Å². The lowest BCUT2D eigenvalue weighted by molar-refractivity contribution is -0.152. The van der Waals surface area contributed by atoms with Gasteiger partial charge in [0.05, 0.1) is 12.1 Å². The molecule has 2 amide bonds. The minimum absolute atomic E-state index is 0.0755. The first-order chi connectivity index (χ1) is 11.1. The molecule has 0 aromatic carbocycles. The Kier molecular flexibility index (Phi) is 3.42. The molecule has 23 heavy (non-hydrogen) atoms. The summed E-state index contributed by atoms with van der Waals surface area (Å²) >= 11 is 0. The molecule has 1 spiro atoms. The molecule has 3 heterocycles. The molecule has 126 valence electrons. The highest BCUT2D eigenvalue weighted by Crippen LogP contribution is 2.42. The molecular weight excluding hydrogens is 298 g/mol. The fourth-order valence-corrected chi connectivity index (χ4v) is 4.50. The second kappa shape index (κ2) is 5.35. The van der Waals surface area contributed by atoms with Crippen molar-refractivity contribution in [2.24, 2.45) is 21.7 Å². The average Bonchev–Trinajstić information content (AvgIpc) is 2.99. The Labute approximate surface area is 134 Å². The number of carbonyl (C=O) groups excluding carboxylic acids is 1. The molecule has 8 heteroatoms. The summed E-state index contributed by atoms with van der Waals surface area (Å²) in [5.74, 6) is 0.336. The van der Waals surface area contributed by atoms with Gasteiger partial charge in [0.2, 0.25) is 5.91 Å². The molecule has 0 aromatic rings. The van der Waals surface area contributed by atoms with Crippen molar-refractivity contribution in [1.82, 2.24) is 15.2 Å². The number of fused-ring (bicyclic) bond motifs is 1. The molecular formula is C15H23N5O3. The molecule has 3 atom stereocenters. The van der Waals surface area contributed by atoms with E-state index >= 15 is 0 Å². The number of nitrogens with one attached hydrogen (secondary N) is 1. The first-order valence-electron chi connectivity index (χ1n) is 8.48. The van der Waals surface area contributed by atoms with E-state index in [1.54, 1.807) is 0 Å². The Bertz CT molecular complexity index is 535. The predicted octanol–water partition coefficient (Wildman–Crippen LogP) is 1.10. The number of hydrogen-bond donors (Lipinski definition) is 2. The Morgan fingerprint density at radius 2 is 1.87 bits per heavy atom. The standard InChI is InChI=1S/C15H23N5O3/c21-13(10-1-2-11-12(7-10)17-18-16-11)20-8-15(9-20)3-5-19(6-4-15)14(22)23/h10-12H,1-9H2,(H,16,17)(H,22,23). The lowest BCUT2D eigenvalue weighted by Gasteiger charge is -2.54. The molecule has 0 bridgehead atoms. The topological polar surface area (TPSA) is 97.6 Å². The fourth-order valence-electron chi connectivity index (χ4n) is 4.50. The third-order valence-corrected chi connectivity index (χ3v) is 6.05. The van der Waals surface area contributed by atoms with Crippen molar-refractivity contribution in [2.75, 3.05) is 26.2 Å². The van der Waals surface area contributed by atoms with Crippen LogP contribution in [0.5, 0.6) is 0 Å². The molecule has 2 N–H and O–H groups in total. The first kappa shape index (κ1) is 14.7. The van der Waals surface area contributed by atoms with Gasteiger partial charge >= 0.3 is 6.09 Å². The third kappa shape index (κ3) is 2.53. The summed E-state index contributed by atoms with van der Waals surface area (Å²) < 4.78 is 0. The maximum absolute atomic E-state index is 12.7. The van der Waals surface area contributed by atoms with Crippen molar-refractivity contribution >= 4 is 12.0 Å². The van der Waals surface area contributed by atoms with Crippen LogP contribution in [0.1, 0.15) is 32.1 Å². The van der Waals surface area contributed by atoms with Crippen LogP contribution in [0.25, 0.3) is 0 Å². The van der Waals surface area contributed by atoms with E-state index in [2.05, 4.69) is 15.8 Å². The van der Waals surface area contributed by atoms with Crippen molar-refractivity contribution < 1.29 is 14.7 Å². The molecule has 3 aliphatic heterocycles. The van der Waals surface area contributed by atoms with Crippen LogP contribution in [0.4, 0.5) is 4.79 Å². The van der Waals surface area contributed by atoms with E-state index in [1.165, 1.54) is 4.90 Å². The summed E-state index contributed by atoms with van der Waals surface area (Å²) in [6, 6.07) is 0.480. The SMILES string of the molecule is O=C(O)N1CCC2(CC1)CN(C(=O)C1CCC3NN=NC3C1)C2. The van der Waals surface area contributed by atoms with Gasteiger partial charge in [-0.25, -0.2) is 4.79 Å². The lowest BCUT2D eigenvalue weighted by Crippen LogP contribution is -2.63. The van der Waals surface area contributed by atoms with Crippen molar-refractivity contribution in [1.29, 1.82) is 0 Å². The first-order valence-corrected chi connectivity index (χ1v) is 8.48. The zero-order valence-corrected chi connectivity index (χ0v) is 13.1. The normalized spacial score (nSPS) is 34.7. The zero-order valence-electron chi connectivity index (χ0n) is 13.1. The van der Waals surface area contributed by atoms with Gasteiger partial charge in [-0.3, -0.25) is 10.2 Å². The van der Waals surface area contributed by atoms with Gasteiger partial charge in [-0.1, -0.05) is 5.22 Å². The van der Waals surface area contributed by atoms with E-state index in [4.69, 9.17) is 5.11 Å². The number of rotatable bonds is 1. The summed E-state index contributed by atoms with van der Waals surface area (Å²) in [6.07, 6.45) is 3.58. The van der Waals surface area contributed by atoms with Crippen molar-refractivity contribution in [2.45, 2.75) is 44.2 Å². The van der Waals surface area contributed by atoms with Crippen LogP contribution in [-0.2, 0) is 4.79 Å².